The van der Waals surface area contributed by atoms with Gasteiger partial charge in [-0.15, -0.1) is 0 Å². The molecule has 0 aliphatic carbocycles. The minimum absolute atomic E-state index is 0.275. The monoisotopic (exact) mass is 367 g/mol. The molecule has 3 aromatic rings. The second-order valence-corrected chi connectivity index (χ2v) is 7.22. The first-order chi connectivity index (χ1) is 9.94. The van der Waals surface area contributed by atoms with Crippen LogP contribution in [0.1, 0.15) is 5.69 Å². The molecule has 0 aliphatic heterocycles. The average Bonchev–Trinajstić information content (AvgIpc) is 2.85. The van der Waals surface area contributed by atoms with Crippen molar-refractivity contribution in [2.75, 3.05) is 5.73 Å². The molecular formula is C13H10BrN3O3S. The molecule has 0 radical (unpaired) electrons. The number of nitrogens with two attached hydrogens (primary N) is 1. The molecule has 3 rings (SSSR count). The molecule has 0 saturated carbocycles. The number of hydrogen-bond acceptors (Lipinski definition) is 6. The van der Waals surface area contributed by atoms with Crippen LogP contribution < -0.4 is 5.73 Å². The maximum atomic E-state index is 12.3. The van der Waals surface area contributed by atoms with Crippen molar-refractivity contribution < 1.29 is 12.8 Å². The average molecular weight is 368 g/mol. The number of anilines is 1. The quantitative estimate of drug-likeness (QED) is 0.714. The SMILES string of the molecule is Nc1ccc2nc(S(=O)(=O)Cc3ccc(Br)cn3)oc2c1. The third-order valence-corrected chi connectivity index (χ3v) is 4.64. The lowest BCUT2D eigenvalue weighted by Crippen LogP contribution is -2.06. The summed E-state index contributed by atoms with van der Waals surface area (Å²) in [6.45, 7) is 0. The first kappa shape index (κ1) is 14.0. The van der Waals surface area contributed by atoms with Crippen LogP contribution in [-0.4, -0.2) is 18.4 Å². The van der Waals surface area contributed by atoms with E-state index >= 15 is 0 Å². The summed E-state index contributed by atoms with van der Waals surface area (Å²) < 4.78 is 30.7. The van der Waals surface area contributed by atoms with E-state index in [4.69, 9.17) is 10.2 Å². The molecule has 0 aliphatic rings. The van der Waals surface area contributed by atoms with E-state index in [0.29, 0.717) is 22.5 Å². The Kier molecular flexibility index (Phi) is 3.42. The predicted molar refractivity (Wildman–Crippen MR) is 81.2 cm³/mol. The van der Waals surface area contributed by atoms with E-state index in [2.05, 4.69) is 25.9 Å². The number of pyridine rings is 1. The van der Waals surface area contributed by atoms with E-state index in [1.807, 2.05) is 0 Å². The van der Waals surface area contributed by atoms with Gasteiger partial charge in [0.15, 0.2) is 5.58 Å². The Hall–Kier alpha value is -1.93. The summed E-state index contributed by atoms with van der Waals surface area (Å²) in [5, 5.41) is -0.326. The van der Waals surface area contributed by atoms with Gasteiger partial charge in [-0.1, -0.05) is 0 Å². The maximum Gasteiger partial charge on any atom is 0.316 e. The number of halogens is 1. The van der Waals surface area contributed by atoms with Gasteiger partial charge in [-0.05, 0) is 40.2 Å². The minimum Gasteiger partial charge on any atom is -0.428 e. The second kappa shape index (κ2) is 5.12. The fourth-order valence-electron chi connectivity index (χ4n) is 1.80. The Bertz CT molecular complexity index is 904. The van der Waals surface area contributed by atoms with Gasteiger partial charge in [0.2, 0.25) is 9.84 Å². The molecule has 21 heavy (non-hydrogen) atoms. The van der Waals surface area contributed by atoms with Crippen molar-refractivity contribution in [3.05, 3.63) is 46.7 Å². The van der Waals surface area contributed by atoms with Crippen molar-refractivity contribution in [1.82, 2.24) is 9.97 Å². The van der Waals surface area contributed by atoms with E-state index in [1.54, 1.807) is 30.3 Å². The highest BCUT2D eigenvalue weighted by atomic mass is 79.9. The van der Waals surface area contributed by atoms with Gasteiger partial charge < -0.3 is 10.2 Å². The standard InChI is InChI=1S/C13H10BrN3O3S/c14-8-1-3-10(16-6-8)7-21(18,19)13-17-11-4-2-9(15)5-12(11)20-13/h1-6H,7,15H2. The van der Waals surface area contributed by atoms with Gasteiger partial charge in [0, 0.05) is 22.4 Å². The van der Waals surface area contributed by atoms with Crippen molar-refractivity contribution >= 4 is 42.6 Å². The van der Waals surface area contributed by atoms with Gasteiger partial charge in [0.25, 0.3) is 0 Å². The topological polar surface area (TPSA) is 99.1 Å². The zero-order valence-corrected chi connectivity index (χ0v) is 13.1. The van der Waals surface area contributed by atoms with Crippen LogP contribution in [0.2, 0.25) is 0 Å². The van der Waals surface area contributed by atoms with Gasteiger partial charge >= 0.3 is 5.22 Å². The van der Waals surface area contributed by atoms with Crippen molar-refractivity contribution in [2.24, 2.45) is 0 Å². The van der Waals surface area contributed by atoms with Crippen LogP contribution in [0.25, 0.3) is 11.1 Å². The van der Waals surface area contributed by atoms with Crippen LogP contribution in [0, 0.1) is 0 Å². The third kappa shape index (κ3) is 2.91. The molecule has 0 fully saturated rings. The normalized spacial score (nSPS) is 11.9. The number of hydrogen-bond donors (Lipinski definition) is 1. The van der Waals surface area contributed by atoms with Gasteiger partial charge in [-0.3, -0.25) is 4.98 Å². The minimum atomic E-state index is -3.70. The molecule has 0 amide bonds. The van der Waals surface area contributed by atoms with Crippen molar-refractivity contribution in [2.45, 2.75) is 11.0 Å². The van der Waals surface area contributed by atoms with Crippen LogP contribution in [0.5, 0.6) is 0 Å². The summed E-state index contributed by atoms with van der Waals surface area (Å²) in [4.78, 5) is 8.03. The molecule has 0 unspecified atom stereocenters. The number of benzene rings is 1. The van der Waals surface area contributed by atoms with Crippen LogP contribution in [-0.2, 0) is 15.6 Å². The molecule has 0 spiro atoms. The molecule has 8 heteroatoms. The highest BCUT2D eigenvalue weighted by molar-refractivity contribution is 9.10. The molecule has 2 aromatic heterocycles. The Morgan fingerprint density at radius 2 is 2.05 bits per heavy atom. The number of nitrogen functional groups attached to an aromatic ring is 1. The third-order valence-electron chi connectivity index (χ3n) is 2.79. The predicted octanol–water partition coefficient (Wildman–Crippen LogP) is 2.54. The first-order valence-electron chi connectivity index (χ1n) is 5.93. The van der Waals surface area contributed by atoms with Gasteiger partial charge in [0.1, 0.15) is 11.3 Å². The maximum absolute atomic E-state index is 12.3. The van der Waals surface area contributed by atoms with Gasteiger partial charge in [0.05, 0.1) is 5.69 Å². The highest BCUT2D eigenvalue weighted by Crippen LogP contribution is 2.23. The lowest BCUT2D eigenvalue weighted by Gasteiger charge is -1.99. The summed E-state index contributed by atoms with van der Waals surface area (Å²) in [6, 6.07) is 8.15. The summed E-state index contributed by atoms with van der Waals surface area (Å²) in [7, 11) is -3.70. The number of nitrogens with zero attached hydrogens (tertiary/aromatic N) is 2. The Labute approximate surface area is 129 Å². The first-order valence-corrected chi connectivity index (χ1v) is 8.38. The summed E-state index contributed by atoms with van der Waals surface area (Å²) in [5.74, 6) is -0.275. The zero-order chi connectivity index (χ0) is 15.0. The highest BCUT2D eigenvalue weighted by Gasteiger charge is 2.23. The summed E-state index contributed by atoms with van der Waals surface area (Å²) >= 11 is 3.25. The molecule has 1 aromatic carbocycles. The molecular weight excluding hydrogens is 358 g/mol. The van der Waals surface area contributed by atoms with E-state index < -0.39 is 9.84 Å². The van der Waals surface area contributed by atoms with Crippen molar-refractivity contribution in [3.8, 4) is 0 Å². The Morgan fingerprint density at radius 1 is 1.24 bits per heavy atom. The molecule has 6 nitrogen and oxygen atoms in total. The molecule has 2 heterocycles. The van der Waals surface area contributed by atoms with Crippen LogP contribution in [0.4, 0.5) is 5.69 Å². The zero-order valence-electron chi connectivity index (χ0n) is 10.7. The summed E-state index contributed by atoms with van der Waals surface area (Å²) in [6.07, 6.45) is 1.54. The van der Waals surface area contributed by atoms with Crippen LogP contribution >= 0.6 is 15.9 Å². The lowest BCUT2D eigenvalue weighted by atomic mass is 10.3. The number of sulfone groups is 1. The Morgan fingerprint density at radius 3 is 2.76 bits per heavy atom. The largest absolute Gasteiger partial charge is 0.428 e. The number of fused-ring (bicyclic) bond motifs is 1. The molecule has 0 bridgehead atoms. The van der Waals surface area contributed by atoms with E-state index in [-0.39, 0.29) is 11.0 Å². The van der Waals surface area contributed by atoms with E-state index in [9.17, 15) is 8.42 Å². The molecule has 108 valence electrons. The molecule has 0 saturated heterocycles. The number of rotatable bonds is 3. The smallest absolute Gasteiger partial charge is 0.316 e. The van der Waals surface area contributed by atoms with Crippen molar-refractivity contribution in [1.29, 1.82) is 0 Å². The Balaban J connectivity index is 1.97. The number of oxazole rings is 1. The summed E-state index contributed by atoms with van der Waals surface area (Å²) in [5.41, 5.74) is 7.32. The van der Waals surface area contributed by atoms with Crippen LogP contribution in [0.15, 0.2) is 50.6 Å². The van der Waals surface area contributed by atoms with E-state index in [1.165, 1.54) is 6.20 Å². The van der Waals surface area contributed by atoms with Crippen LogP contribution in [0.3, 0.4) is 0 Å². The molecule has 0 atom stereocenters. The fraction of sp³-hybridized carbons (Fsp3) is 0.0769. The van der Waals surface area contributed by atoms with E-state index in [0.717, 1.165) is 4.47 Å². The second-order valence-electron chi connectivity index (χ2n) is 4.43. The fourth-order valence-corrected chi connectivity index (χ4v) is 3.17. The van der Waals surface area contributed by atoms with Crippen molar-refractivity contribution in [3.63, 3.8) is 0 Å². The molecule has 2 N–H and O–H groups in total. The van der Waals surface area contributed by atoms with Gasteiger partial charge in [-0.2, -0.15) is 4.98 Å². The lowest BCUT2D eigenvalue weighted by molar-refractivity contribution is 0.458. The van der Waals surface area contributed by atoms with Gasteiger partial charge in [-0.25, -0.2) is 8.42 Å². The number of aromatic nitrogens is 2.